The molecule has 1 fully saturated rings. The van der Waals surface area contributed by atoms with Crippen LogP contribution in [0.5, 0.6) is 5.75 Å². The smallest absolute Gasteiger partial charge is 0.119 e. The zero-order chi connectivity index (χ0) is 14.5. The molecule has 2 aromatic carbocycles. The molecule has 1 heterocycles. The van der Waals surface area contributed by atoms with Gasteiger partial charge < -0.3 is 15.0 Å². The van der Waals surface area contributed by atoms with E-state index in [-0.39, 0.29) is 0 Å². The summed E-state index contributed by atoms with van der Waals surface area (Å²) < 4.78 is 5.86. The van der Waals surface area contributed by atoms with E-state index in [9.17, 15) is 0 Å². The minimum Gasteiger partial charge on any atom is -0.489 e. The number of benzene rings is 2. The fraction of sp³-hybridized carbons (Fsp3) is 0.333. The van der Waals surface area contributed by atoms with Crippen molar-refractivity contribution in [2.45, 2.75) is 13.5 Å². The number of piperazine rings is 1. The molecule has 0 aliphatic carbocycles. The van der Waals surface area contributed by atoms with Crippen molar-refractivity contribution in [3.8, 4) is 5.75 Å². The molecule has 1 aliphatic heterocycles. The Labute approximate surface area is 126 Å². The van der Waals surface area contributed by atoms with Crippen LogP contribution in [0.3, 0.4) is 0 Å². The summed E-state index contributed by atoms with van der Waals surface area (Å²) in [6, 6.07) is 16.9. The van der Waals surface area contributed by atoms with Crippen molar-refractivity contribution in [2.24, 2.45) is 0 Å². The third-order valence-electron chi connectivity index (χ3n) is 3.81. The third kappa shape index (κ3) is 3.76. The first-order chi connectivity index (χ1) is 10.3. The van der Waals surface area contributed by atoms with Crippen molar-refractivity contribution in [1.82, 2.24) is 5.32 Å². The number of nitrogens with one attached hydrogen (secondary N) is 1. The predicted molar refractivity (Wildman–Crippen MR) is 87.0 cm³/mol. The molecule has 3 rings (SSSR count). The van der Waals surface area contributed by atoms with Gasteiger partial charge in [0.15, 0.2) is 0 Å². The van der Waals surface area contributed by atoms with E-state index in [4.69, 9.17) is 4.74 Å². The number of aryl methyl sites for hydroxylation is 1. The lowest BCUT2D eigenvalue weighted by Gasteiger charge is -2.29. The van der Waals surface area contributed by atoms with Crippen LogP contribution < -0.4 is 15.0 Å². The van der Waals surface area contributed by atoms with Crippen LogP contribution in [0.2, 0.25) is 0 Å². The monoisotopic (exact) mass is 282 g/mol. The number of anilines is 1. The average Bonchev–Trinajstić information content (AvgIpc) is 2.54. The Morgan fingerprint density at radius 3 is 2.52 bits per heavy atom. The molecule has 1 aliphatic rings. The summed E-state index contributed by atoms with van der Waals surface area (Å²) >= 11 is 0. The molecule has 2 aromatic rings. The van der Waals surface area contributed by atoms with Gasteiger partial charge in [0, 0.05) is 31.9 Å². The standard InChI is InChI=1S/C18H22N2O/c1-15-3-2-4-16(13-15)14-21-18-7-5-17(6-8-18)20-11-9-19-10-12-20/h2-8,13,19H,9-12,14H2,1H3. The molecule has 3 heteroatoms. The lowest BCUT2D eigenvalue weighted by molar-refractivity contribution is 0.306. The number of hydrogen-bond acceptors (Lipinski definition) is 3. The summed E-state index contributed by atoms with van der Waals surface area (Å²) in [6.07, 6.45) is 0. The Morgan fingerprint density at radius 1 is 1.05 bits per heavy atom. The molecule has 0 unspecified atom stereocenters. The highest BCUT2D eigenvalue weighted by Crippen LogP contribution is 2.20. The number of hydrogen-bond donors (Lipinski definition) is 1. The summed E-state index contributed by atoms with van der Waals surface area (Å²) in [7, 11) is 0. The second kappa shape index (κ2) is 6.64. The van der Waals surface area contributed by atoms with Crippen LogP contribution in [0.25, 0.3) is 0 Å². The van der Waals surface area contributed by atoms with Gasteiger partial charge in [-0.25, -0.2) is 0 Å². The molecule has 21 heavy (non-hydrogen) atoms. The maximum Gasteiger partial charge on any atom is 0.119 e. The van der Waals surface area contributed by atoms with E-state index in [1.165, 1.54) is 16.8 Å². The van der Waals surface area contributed by atoms with Crippen molar-refractivity contribution in [2.75, 3.05) is 31.1 Å². The molecule has 0 atom stereocenters. The zero-order valence-electron chi connectivity index (χ0n) is 12.5. The SMILES string of the molecule is Cc1cccc(COc2ccc(N3CCNCC3)cc2)c1. The molecule has 0 bridgehead atoms. The number of nitrogens with zero attached hydrogens (tertiary/aromatic N) is 1. The van der Waals surface area contributed by atoms with Gasteiger partial charge in [-0.05, 0) is 36.8 Å². The maximum absolute atomic E-state index is 5.86. The van der Waals surface area contributed by atoms with Crippen LogP contribution in [0.4, 0.5) is 5.69 Å². The van der Waals surface area contributed by atoms with E-state index < -0.39 is 0 Å². The number of ether oxygens (including phenoxy) is 1. The highest BCUT2D eigenvalue weighted by molar-refractivity contribution is 5.49. The first kappa shape index (κ1) is 14.0. The molecule has 3 nitrogen and oxygen atoms in total. The Kier molecular flexibility index (Phi) is 4.41. The van der Waals surface area contributed by atoms with Gasteiger partial charge in [0.25, 0.3) is 0 Å². The molecule has 110 valence electrons. The predicted octanol–water partition coefficient (Wildman–Crippen LogP) is 2.98. The Bertz CT molecular complexity index is 574. The average molecular weight is 282 g/mol. The van der Waals surface area contributed by atoms with Crippen LogP contribution in [0, 0.1) is 6.92 Å². The van der Waals surface area contributed by atoms with Crippen LogP contribution in [0.15, 0.2) is 48.5 Å². The molecule has 0 spiro atoms. The van der Waals surface area contributed by atoms with Crippen LogP contribution in [0.1, 0.15) is 11.1 Å². The lowest BCUT2D eigenvalue weighted by atomic mass is 10.1. The van der Waals surface area contributed by atoms with E-state index >= 15 is 0 Å². The molecule has 1 saturated heterocycles. The van der Waals surface area contributed by atoms with E-state index in [1.54, 1.807) is 0 Å². The quantitative estimate of drug-likeness (QED) is 0.933. The van der Waals surface area contributed by atoms with E-state index in [2.05, 4.69) is 65.7 Å². The highest BCUT2D eigenvalue weighted by Gasteiger charge is 2.09. The van der Waals surface area contributed by atoms with E-state index in [1.807, 2.05) is 0 Å². The van der Waals surface area contributed by atoms with Crippen molar-refractivity contribution >= 4 is 5.69 Å². The topological polar surface area (TPSA) is 24.5 Å². The van der Waals surface area contributed by atoms with Crippen LogP contribution in [-0.2, 0) is 6.61 Å². The Balaban J connectivity index is 1.59. The summed E-state index contributed by atoms with van der Waals surface area (Å²) in [4.78, 5) is 2.40. The van der Waals surface area contributed by atoms with Gasteiger partial charge in [0.05, 0.1) is 0 Å². The zero-order valence-corrected chi connectivity index (χ0v) is 12.5. The van der Waals surface area contributed by atoms with E-state index in [0.717, 1.165) is 31.9 Å². The minimum atomic E-state index is 0.620. The van der Waals surface area contributed by atoms with Gasteiger partial charge in [-0.1, -0.05) is 29.8 Å². The molecular formula is C18H22N2O. The summed E-state index contributed by atoms with van der Waals surface area (Å²) in [5, 5.41) is 3.37. The second-order valence-corrected chi connectivity index (χ2v) is 5.51. The number of rotatable bonds is 4. The normalized spacial score (nSPS) is 15.0. The molecular weight excluding hydrogens is 260 g/mol. The largest absolute Gasteiger partial charge is 0.489 e. The maximum atomic E-state index is 5.86. The Hall–Kier alpha value is -2.00. The highest BCUT2D eigenvalue weighted by atomic mass is 16.5. The first-order valence-electron chi connectivity index (χ1n) is 7.55. The lowest BCUT2D eigenvalue weighted by Crippen LogP contribution is -2.43. The molecule has 0 radical (unpaired) electrons. The van der Waals surface area contributed by atoms with Gasteiger partial charge in [0.1, 0.15) is 12.4 Å². The fourth-order valence-electron chi connectivity index (χ4n) is 2.64. The van der Waals surface area contributed by atoms with Gasteiger partial charge in [-0.3, -0.25) is 0 Å². The third-order valence-corrected chi connectivity index (χ3v) is 3.81. The second-order valence-electron chi connectivity index (χ2n) is 5.51. The van der Waals surface area contributed by atoms with Gasteiger partial charge in [0.2, 0.25) is 0 Å². The van der Waals surface area contributed by atoms with Crippen molar-refractivity contribution in [1.29, 1.82) is 0 Å². The molecule has 0 saturated carbocycles. The Morgan fingerprint density at radius 2 is 1.81 bits per heavy atom. The van der Waals surface area contributed by atoms with Gasteiger partial charge in [-0.15, -0.1) is 0 Å². The molecule has 0 amide bonds. The van der Waals surface area contributed by atoms with Crippen molar-refractivity contribution in [3.63, 3.8) is 0 Å². The minimum absolute atomic E-state index is 0.620. The molecule has 1 N–H and O–H groups in total. The van der Waals surface area contributed by atoms with E-state index in [0.29, 0.717) is 6.61 Å². The van der Waals surface area contributed by atoms with Gasteiger partial charge in [-0.2, -0.15) is 0 Å². The van der Waals surface area contributed by atoms with Crippen molar-refractivity contribution in [3.05, 3.63) is 59.7 Å². The summed E-state index contributed by atoms with van der Waals surface area (Å²) in [6.45, 7) is 6.99. The van der Waals surface area contributed by atoms with Gasteiger partial charge >= 0.3 is 0 Å². The summed E-state index contributed by atoms with van der Waals surface area (Å²) in [5.74, 6) is 0.926. The fourth-order valence-corrected chi connectivity index (χ4v) is 2.64. The van der Waals surface area contributed by atoms with Crippen LogP contribution >= 0.6 is 0 Å². The summed E-state index contributed by atoms with van der Waals surface area (Å²) in [5.41, 5.74) is 3.76. The molecule has 0 aromatic heterocycles. The first-order valence-corrected chi connectivity index (χ1v) is 7.55. The van der Waals surface area contributed by atoms with Crippen LogP contribution in [-0.4, -0.2) is 26.2 Å². The van der Waals surface area contributed by atoms with Crippen molar-refractivity contribution < 1.29 is 4.74 Å².